The first-order valence-corrected chi connectivity index (χ1v) is 6.58. The van der Waals surface area contributed by atoms with E-state index in [1.807, 2.05) is 23.5 Å². The van der Waals surface area contributed by atoms with Gasteiger partial charge < -0.3 is 5.11 Å². The Morgan fingerprint density at radius 2 is 2.38 bits per heavy atom. The summed E-state index contributed by atoms with van der Waals surface area (Å²) in [6.07, 6.45) is 1.86. The van der Waals surface area contributed by atoms with Crippen molar-refractivity contribution >= 4 is 29.5 Å². The van der Waals surface area contributed by atoms with Crippen LogP contribution in [-0.4, -0.2) is 39.2 Å². The van der Waals surface area contributed by atoms with E-state index in [0.29, 0.717) is 0 Å². The van der Waals surface area contributed by atoms with Crippen LogP contribution in [0.3, 0.4) is 0 Å². The van der Waals surface area contributed by atoms with Crippen molar-refractivity contribution in [3.63, 3.8) is 0 Å². The zero-order valence-electron chi connectivity index (χ0n) is 7.28. The quantitative estimate of drug-likeness (QED) is 0.689. The summed E-state index contributed by atoms with van der Waals surface area (Å²) in [6, 6.07) is -0.319. The van der Waals surface area contributed by atoms with E-state index >= 15 is 0 Å². The van der Waals surface area contributed by atoms with Crippen LogP contribution in [0.1, 0.15) is 12.8 Å². The van der Waals surface area contributed by atoms with Crippen LogP contribution in [-0.2, 0) is 4.79 Å². The molecule has 2 fully saturated rings. The lowest BCUT2D eigenvalue weighted by atomic mass is 10.1. The van der Waals surface area contributed by atoms with Gasteiger partial charge >= 0.3 is 5.97 Å². The minimum atomic E-state index is -0.698. The number of carbonyl (C=O) groups is 1. The molecule has 0 saturated carbocycles. The Balaban J connectivity index is 2.02. The molecule has 0 radical (unpaired) electrons. The molecule has 0 aromatic heterocycles. The Bertz CT molecular complexity index is 216. The predicted molar refractivity (Wildman–Crippen MR) is 56.3 cm³/mol. The van der Waals surface area contributed by atoms with E-state index in [1.54, 1.807) is 0 Å². The third-order valence-electron chi connectivity index (χ3n) is 2.51. The molecule has 0 amide bonds. The highest BCUT2D eigenvalue weighted by Gasteiger charge is 2.41. The largest absolute Gasteiger partial charge is 0.480 e. The maximum absolute atomic E-state index is 10.8. The van der Waals surface area contributed by atoms with E-state index in [4.69, 9.17) is 5.11 Å². The average Bonchev–Trinajstić information content (AvgIpc) is 2.53. The Morgan fingerprint density at radius 1 is 1.54 bits per heavy atom. The fraction of sp³-hybridized carbons (Fsp3) is 0.875. The molecule has 2 saturated heterocycles. The molecule has 2 aliphatic rings. The normalized spacial score (nSPS) is 39.5. The second-order valence-electron chi connectivity index (χ2n) is 3.47. The molecule has 2 N–H and O–H groups in total. The molecule has 5 heteroatoms. The van der Waals surface area contributed by atoms with Gasteiger partial charge in [0.15, 0.2) is 0 Å². The second kappa shape index (κ2) is 3.71. The first-order valence-electron chi connectivity index (χ1n) is 4.44. The summed E-state index contributed by atoms with van der Waals surface area (Å²) < 4.78 is 0. The molecule has 0 aromatic rings. The number of thioether (sulfide) groups is 2. The van der Waals surface area contributed by atoms with Gasteiger partial charge in [0.2, 0.25) is 0 Å². The fourth-order valence-corrected chi connectivity index (χ4v) is 4.89. The van der Waals surface area contributed by atoms with Gasteiger partial charge in [-0.25, -0.2) is 0 Å². The number of aliphatic carboxylic acids is 1. The molecular weight excluding hydrogens is 206 g/mol. The predicted octanol–water partition coefficient (Wildman–Crippen LogP) is 0.999. The lowest BCUT2D eigenvalue weighted by molar-refractivity contribution is -0.139. The summed E-state index contributed by atoms with van der Waals surface area (Å²) in [7, 11) is 0. The molecule has 2 aliphatic heterocycles. The first kappa shape index (κ1) is 9.68. The SMILES string of the molecule is O=C(O)C1CCSC2(CCSC2)N1. The highest BCUT2D eigenvalue weighted by molar-refractivity contribution is 8.04. The van der Waals surface area contributed by atoms with E-state index in [2.05, 4.69) is 5.32 Å². The van der Waals surface area contributed by atoms with Crippen molar-refractivity contribution in [1.29, 1.82) is 0 Å². The van der Waals surface area contributed by atoms with Crippen LogP contribution < -0.4 is 5.32 Å². The summed E-state index contributed by atoms with van der Waals surface area (Å²) in [5, 5.41) is 12.2. The highest BCUT2D eigenvalue weighted by atomic mass is 32.2. The molecule has 3 nitrogen and oxygen atoms in total. The van der Waals surface area contributed by atoms with Crippen molar-refractivity contribution in [3.8, 4) is 0 Å². The van der Waals surface area contributed by atoms with Gasteiger partial charge in [-0.3, -0.25) is 10.1 Å². The molecule has 1 spiro atoms. The standard InChI is InChI=1S/C8H13NO2S2/c10-7(11)6-1-3-13-8(9-6)2-4-12-5-8/h6,9H,1-5H2,(H,10,11). The van der Waals surface area contributed by atoms with Gasteiger partial charge in [0.1, 0.15) is 6.04 Å². The smallest absolute Gasteiger partial charge is 0.320 e. The monoisotopic (exact) mass is 219 g/mol. The van der Waals surface area contributed by atoms with Crippen molar-refractivity contribution in [2.24, 2.45) is 0 Å². The Hall–Kier alpha value is 0.130. The Labute approximate surface area is 86.0 Å². The molecule has 2 unspecified atom stereocenters. The van der Waals surface area contributed by atoms with Crippen LogP contribution in [0.25, 0.3) is 0 Å². The molecule has 2 heterocycles. The molecule has 13 heavy (non-hydrogen) atoms. The lowest BCUT2D eigenvalue weighted by Gasteiger charge is -2.36. The summed E-state index contributed by atoms with van der Waals surface area (Å²) in [5.41, 5.74) is 0. The number of hydrogen-bond acceptors (Lipinski definition) is 4. The minimum absolute atomic E-state index is 0.0754. The first-order chi connectivity index (χ1) is 6.22. The topological polar surface area (TPSA) is 49.3 Å². The highest BCUT2D eigenvalue weighted by Crippen LogP contribution is 2.40. The maximum Gasteiger partial charge on any atom is 0.320 e. The molecule has 2 rings (SSSR count). The van der Waals surface area contributed by atoms with Crippen molar-refractivity contribution < 1.29 is 9.90 Å². The van der Waals surface area contributed by atoms with Gasteiger partial charge in [-0.15, -0.1) is 11.8 Å². The third-order valence-corrected chi connectivity index (χ3v) is 5.34. The molecular formula is C8H13NO2S2. The average molecular weight is 219 g/mol. The van der Waals surface area contributed by atoms with Crippen LogP contribution in [0.4, 0.5) is 0 Å². The van der Waals surface area contributed by atoms with Crippen molar-refractivity contribution in [2.75, 3.05) is 17.3 Å². The minimum Gasteiger partial charge on any atom is -0.480 e. The fourth-order valence-electron chi connectivity index (χ4n) is 1.76. The second-order valence-corrected chi connectivity index (χ2v) is 6.05. The molecule has 0 aliphatic carbocycles. The molecule has 2 atom stereocenters. The van der Waals surface area contributed by atoms with E-state index in [0.717, 1.165) is 30.1 Å². The number of nitrogens with one attached hydrogen (secondary N) is 1. The van der Waals surface area contributed by atoms with Crippen molar-refractivity contribution in [3.05, 3.63) is 0 Å². The zero-order chi connectivity index (χ0) is 9.31. The molecule has 0 aromatic carbocycles. The molecule has 74 valence electrons. The van der Waals surface area contributed by atoms with Crippen LogP contribution in [0.15, 0.2) is 0 Å². The van der Waals surface area contributed by atoms with Gasteiger partial charge in [-0.05, 0) is 24.3 Å². The summed E-state index contributed by atoms with van der Waals surface area (Å²) in [5.74, 6) is 2.50. The third kappa shape index (κ3) is 1.97. The van der Waals surface area contributed by atoms with E-state index in [9.17, 15) is 4.79 Å². The van der Waals surface area contributed by atoms with Crippen molar-refractivity contribution in [2.45, 2.75) is 23.8 Å². The zero-order valence-corrected chi connectivity index (χ0v) is 8.92. The van der Waals surface area contributed by atoms with Gasteiger partial charge in [0.25, 0.3) is 0 Å². The summed E-state index contributed by atoms with van der Waals surface area (Å²) in [4.78, 5) is 10.9. The summed E-state index contributed by atoms with van der Waals surface area (Å²) in [6.45, 7) is 0. The maximum atomic E-state index is 10.8. The van der Waals surface area contributed by atoms with Gasteiger partial charge in [0, 0.05) is 5.75 Å². The van der Waals surface area contributed by atoms with E-state index in [-0.39, 0.29) is 10.9 Å². The number of carboxylic acid groups (broad SMARTS) is 1. The van der Waals surface area contributed by atoms with Crippen LogP contribution in [0, 0.1) is 0 Å². The van der Waals surface area contributed by atoms with Crippen LogP contribution in [0.2, 0.25) is 0 Å². The number of hydrogen-bond donors (Lipinski definition) is 2. The van der Waals surface area contributed by atoms with E-state index in [1.165, 1.54) is 0 Å². The van der Waals surface area contributed by atoms with Crippen molar-refractivity contribution in [1.82, 2.24) is 5.32 Å². The molecule has 0 bridgehead atoms. The number of carboxylic acids is 1. The Kier molecular flexibility index (Phi) is 2.76. The van der Waals surface area contributed by atoms with Crippen LogP contribution >= 0.6 is 23.5 Å². The van der Waals surface area contributed by atoms with Crippen LogP contribution in [0.5, 0.6) is 0 Å². The van der Waals surface area contributed by atoms with Gasteiger partial charge in [-0.2, -0.15) is 11.8 Å². The number of rotatable bonds is 1. The van der Waals surface area contributed by atoms with Gasteiger partial charge in [-0.1, -0.05) is 0 Å². The summed E-state index contributed by atoms with van der Waals surface area (Å²) >= 11 is 3.82. The van der Waals surface area contributed by atoms with Gasteiger partial charge in [0.05, 0.1) is 4.87 Å². The lowest BCUT2D eigenvalue weighted by Crippen LogP contribution is -2.54. The Morgan fingerprint density at radius 3 is 3.00 bits per heavy atom. The van der Waals surface area contributed by atoms with E-state index < -0.39 is 5.97 Å².